The van der Waals surface area contributed by atoms with Crippen molar-refractivity contribution in [2.24, 2.45) is 5.92 Å². The van der Waals surface area contributed by atoms with Crippen molar-refractivity contribution >= 4 is 45.5 Å². The number of piperidine rings is 1. The molecule has 6 nitrogen and oxygen atoms in total. The molecule has 0 unspecified atom stereocenters. The molecule has 0 spiro atoms. The number of rotatable bonds is 5. The number of nitrogens with one attached hydrogen (secondary N) is 1. The maximum atomic E-state index is 12.7. The number of esters is 1. The van der Waals surface area contributed by atoms with Crippen LogP contribution in [0.15, 0.2) is 22.9 Å². The Kier molecular flexibility index (Phi) is 6.28. The highest BCUT2D eigenvalue weighted by atomic mass is 32.1. The molecule has 1 aliphatic heterocycles. The van der Waals surface area contributed by atoms with Crippen molar-refractivity contribution in [2.45, 2.75) is 26.7 Å². The van der Waals surface area contributed by atoms with Crippen LogP contribution in [0, 0.1) is 5.92 Å². The van der Waals surface area contributed by atoms with Gasteiger partial charge >= 0.3 is 5.97 Å². The van der Waals surface area contributed by atoms with Gasteiger partial charge in [-0.1, -0.05) is 13.0 Å². The highest BCUT2D eigenvalue weighted by molar-refractivity contribution is 7.17. The van der Waals surface area contributed by atoms with Crippen molar-refractivity contribution < 1.29 is 19.1 Å². The molecule has 1 aliphatic rings. The molecule has 0 radical (unpaired) electrons. The number of thiophene rings is 2. The van der Waals surface area contributed by atoms with Gasteiger partial charge in [-0.05, 0) is 30.2 Å². The fourth-order valence-corrected chi connectivity index (χ4v) is 4.95. The Morgan fingerprint density at radius 3 is 2.81 bits per heavy atom. The Hall–Kier alpha value is -2.19. The van der Waals surface area contributed by atoms with Gasteiger partial charge in [-0.25, -0.2) is 4.79 Å². The van der Waals surface area contributed by atoms with E-state index in [9.17, 15) is 14.4 Å². The summed E-state index contributed by atoms with van der Waals surface area (Å²) in [5.41, 5.74) is 1.01. The van der Waals surface area contributed by atoms with Gasteiger partial charge in [0.1, 0.15) is 10.6 Å². The smallest absolute Gasteiger partial charge is 0.342 e. The van der Waals surface area contributed by atoms with E-state index in [1.165, 1.54) is 29.6 Å². The molecule has 3 heterocycles. The Labute approximate surface area is 166 Å². The summed E-state index contributed by atoms with van der Waals surface area (Å²) >= 11 is 2.77. The van der Waals surface area contributed by atoms with E-state index in [2.05, 4.69) is 12.2 Å². The molecule has 0 aliphatic carbocycles. The Morgan fingerprint density at radius 1 is 1.33 bits per heavy atom. The number of hydrogen-bond donors (Lipinski definition) is 1. The van der Waals surface area contributed by atoms with Crippen molar-refractivity contribution in [3.8, 4) is 10.4 Å². The van der Waals surface area contributed by atoms with Gasteiger partial charge < -0.3 is 15.0 Å². The molecule has 2 aromatic heterocycles. The van der Waals surface area contributed by atoms with E-state index < -0.39 is 5.97 Å². The summed E-state index contributed by atoms with van der Waals surface area (Å²) in [4.78, 5) is 39.3. The largest absolute Gasteiger partial charge is 0.452 e. The molecule has 1 fully saturated rings. The van der Waals surface area contributed by atoms with Crippen LogP contribution >= 0.6 is 22.7 Å². The van der Waals surface area contributed by atoms with Crippen molar-refractivity contribution in [3.05, 3.63) is 28.5 Å². The lowest BCUT2D eigenvalue weighted by Gasteiger charge is -2.30. The molecule has 1 atom stereocenters. The molecule has 2 amide bonds. The fourth-order valence-electron chi connectivity index (χ4n) is 3.13. The van der Waals surface area contributed by atoms with E-state index in [1.807, 2.05) is 22.9 Å². The van der Waals surface area contributed by atoms with Crippen LogP contribution in [0.4, 0.5) is 5.00 Å². The molecular weight excluding hydrogens is 384 g/mol. The van der Waals surface area contributed by atoms with E-state index in [-0.39, 0.29) is 18.4 Å². The van der Waals surface area contributed by atoms with Crippen LogP contribution < -0.4 is 5.32 Å². The summed E-state index contributed by atoms with van der Waals surface area (Å²) in [5.74, 6) is -0.570. The highest BCUT2D eigenvalue weighted by Gasteiger charge is 2.26. The van der Waals surface area contributed by atoms with Gasteiger partial charge in [0.2, 0.25) is 5.91 Å². The Balaban J connectivity index is 1.74. The van der Waals surface area contributed by atoms with E-state index in [4.69, 9.17) is 4.74 Å². The molecule has 27 heavy (non-hydrogen) atoms. The Morgan fingerprint density at radius 2 is 2.15 bits per heavy atom. The molecular formula is C19H22N2O4S2. The van der Waals surface area contributed by atoms with Crippen LogP contribution in [-0.2, 0) is 14.3 Å². The second kappa shape index (κ2) is 8.67. The van der Waals surface area contributed by atoms with E-state index >= 15 is 0 Å². The average Bonchev–Trinajstić information content (AvgIpc) is 3.28. The summed E-state index contributed by atoms with van der Waals surface area (Å²) in [7, 11) is 0. The Bertz CT molecular complexity index is 829. The highest BCUT2D eigenvalue weighted by Crippen LogP contribution is 2.38. The number of anilines is 1. The van der Waals surface area contributed by atoms with Crippen LogP contribution in [0.3, 0.4) is 0 Å². The number of amides is 2. The third-order valence-electron chi connectivity index (χ3n) is 4.41. The van der Waals surface area contributed by atoms with Crippen LogP contribution in [-0.4, -0.2) is 42.4 Å². The predicted octanol–water partition coefficient (Wildman–Crippen LogP) is 3.85. The number of ether oxygens (including phenoxy) is 1. The zero-order chi connectivity index (χ0) is 19.4. The average molecular weight is 407 g/mol. The maximum Gasteiger partial charge on any atom is 0.342 e. The SMILES string of the molecule is CC(=O)Nc1scc(-c2cccs2)c1C(=O)OCC(=O)N1CCC[C@H](C)C1. The van der Waals surface area contributed by atoms with E-state index in [0.29, 0.717) is 35.1 Å². The summed E-state index contributed by atoms with van der Waals surface area (Å²) in [5, 5.41) is 6.86. The fraction of sp³-hybridized carbons (Fsp3) is 0.421. The molecule has 1 N–H and O–H groups in total. The normalized spacial score (nSPS) is 16.8. The third-order valence-corrected chi connectivity index (χ3v) is 6.21. The molecule has 0 saturated carbocycles. The second-order valence-electron chi connectivity index (χ2n) is 6.68. The van der Waals surface area contributed by atoms with E-state index in [1.54, 1.807) is 4.90 Å². The summed E-state index contributed by atoms with van der Waals surface area (Å²) in [6, 6.07) is 3.80. The number of hydrogen-bond acceptors (Lipinski definition) is 6. The number of carbonyl (C=O) groups is 3. The molecule has 1 saturated heterocycles. The first kappa shape index (κ1) is 19.6. The minimum Gasteiger partial charge on any atom is -0.452 e. The first-order valence-corrected chi connectivity index (χ1v) is 10.6. The minimum absolute atomic E-state index is 0.177. The van der Waals surface area contributed by atoms with Crippen molar-refractivity contribution in [1.29, 1.82) is 0 Å². The van der Waals surface area contributed by atoms with Crippen LogP contribution in [0.2, 0.25) is 0 Å². The molecule has 0 aromatic carbocycles. The first-order valence-electron chi connectivity index (χ1n) is 8.83. The van der Waals surface area contributed by atoms with Crippen LogP contribution in [0.25, 0.3) is 10.4 Å². The minimum atomic E-state index is -0.596. The van der Waals surface area contributed by atoms with Crippen molar-refractivity contribution in [3.63, 3.8) is 0 Å². The van der Waals surface area contributed by atoms with Crippen molar-refractivity contribution in [1.82, 2.24) is 4.90 Å². The zero-order valence-electron chi connectivity index (χ0n) is 15.3. The third kappa shape index (κ3) is 4.75. The predicted molar refractivity (Wildman–Crippen MR) is 107 cm³/mol. The van der Waals surface area contributed by atoms with Gasteiger partial charge in [-0.2, -0.15) is 0 Å². The van der Waals surface area contributed by atoms with Gasteiger partial charge in [-0.15, -0.1) is 22.7 Å². The van der Waals surface area contributed by atoms with E-state index in [0.717, 1.165) is 17.7 Å². The molecule has 0 bridgehead atoms. The summed E-state index contributed by atoms with van der Waals surface area (Å²) in [6.45, 7) is 4.62. The zero-order valence-corrected chi connectivity index (χ0v) is 17.0. The molecule has 3 rings (SSSR count). The van der Waals surface area contributed by atoms with Gasteiger partial charge in [0.05, 0.1) is 0 Å². The van der Waals surface area contributed by atoms with Gasteiger partial charge in [-0.3, -0.25) is 9.59 Å². The second-order valence-corrected chi connectivity index (χ2v) is 8.50. The lowest BCUT2D eigenvalue weighted by Crippen LogP contribution is -2.41. The molecule has 2 aromatic rings. The standard InChI is InChI=1S/C19H22N2O4S2/c1-12-5-3-7-21(9-12)16(23)10-25-19(24)17-14(15-6-4-8-26-15)11-27-18(17)20-13(2)22/h4,6,8,11-12H,3,5,7,9-10H2,1-2H3,(H,20,22)/t12-/m0/s1. The van der Waals surface area contributed by atoms with Crippen LogP contribution in [0.1, 0.15) is 37.0 Å². The van der Waals surface area contributed by atoms with Gasteiger partial charge in [0.25, 0.3) is 5.91 Å². The lowest BCUT2D eigenvalue weighted by atomic mass is 10.0. The van der Waals surface area contributed by atoms with Gasteiger partial charge in [0.15, 0.2) is 6.61 Å². The van der Waals surface area contributed by atoms with Crippen molar-refractivity contribution in [2.75, 3.05) is 25.0 Å². The lowest BCUT2D eigenvalue weighted by molar-refractivity contribution is -0.136. The van der Waals surface area contributed by atoms with Crippen LogP contribution in [0.5, 0.6) is 0 Å². The first-order chi connectivity index (χ1) is 13.0. The number of likely N-dealkylation sites (tertiary alicyclic amines) is 1. The summed E-state index contributed by atoms with van der Waals surface area (Å²) in [6.07, 6.45) is 2.09. The summed E-state index contributed by atoms with van der Waals surface area (Å²) < 4.78 is 5.33. The number of carbonyl (C=O) groups excluding carboxylic acids is 3. The quantitative estimate of drug-likeness (QED) is 0.765. The monoisotopic (exact) mass is 406 g/mol. The van der Waals surface area contributed by atoms with Gasteiger partial charge in [0, 0.05) is 35.8 Å². The molecule has 8 heteroatoms. The topological polar surface area (TPSA) is 75.7 Å². The number of nitrogens with zero attached hydrogens (tertiary/aromatic N) is 1. The molecule has 144 valence electrons. The maximum absolute atomic E-state index is 12.7.